The summed E-state index contributed by atoms with van der Waals surface area (Å²) in [5, 5.41) is 6.28. The van der Waals surface area contributed by atoms with Crippen molar-refractivity contribution in [3.63, 3.8) is 0 Å². The summed E-state index contributed by atoms with van der Waals surface area (Å²) in [6, 6.07) is 7.45. The van der Waals surface area contributed by atoms with Crippen molar-refractivity contribution in [2.24, 2.45) is 5.41 Å². The van der Waals surface area contributed by atoms with Crippen molar-refractivity contribution < 1.29 is 14.3 Å². The molecule has 1 aliphatic rings. The summed E-state index contributed by atoms with van der Waals surface area (Å²) in [7, 11) is 1.64. The number of carbonyl (C=O) groups excluding carboxylic acids is 1. The first-order chi connectivity index (χ1) is 10.1. The van der Waals surface area contributed by atoms with Gasteiger partial charge in [-0.3, -0.25) is 4.79 Å². The molecule has 1 saturated heterocycles. The van der Waals surface area contributed by atoms with Gasteiger partial charge in [-0.25, -0.2) is 0 Å². The van der Waals surface area contributed by atoms with Crippen LogP contribution < -0.4 is 15.4 Å². The first kappa shape index (κ1) is 15.8. The summed E-state index contributed by atoms with van der Waals surface area (Å²) < 4.78 is 10.4. The predicted octanol–water partition coefficient (Wildman–Crippen LogP) is 2.04. The minimum absolute atomic E-state index is 0.0945. The molecule has 1 amide bonds. The van der Waals surface area contributed by atoms with Crippen LogP contribution in [0.3, 0.4) is 0 Å². The molecule has 1 fully saturated rings. The van der Waals surface area contributed by atoms with E-state index in [1.165, 1.54) is 0 Å². The number of nitrogens with one attached hydrogen (secondary N) is 2. The maximum atomic E-state index is 12.4. The molecular formula is C16H24N2O3. The lowest BCUT2D eigenvalue weighted by atomic mass is 9.80. The number of rotatable bonds is 6. The van der Waals surface area contributed by atoms with E-state index >= 15 is 0 Å². The zero-order valence-electron chi connectivity index (χ0n) is 12.8. The molecule has 1 aromatic carbocycles. The second-order valence-electron chi connectivity index (χ2n) is 5.63. The van der Waals surface area contributed by atoms with Crippen molar-refractivity contribution in [1.82, 2.24) is 5.32 Å². The molecule has 0 unspecified atom stereocenters. The average Bonchev–Trinajstić information content (AvgIpc) is 2.50. The van der Waals surface area contributed by atoms with E-state index in [0.29, 0.717) is 13.2 Å². The predicted molar refractivity (Wildman–Crippen MR) is 82.7 cm³/mol. The van der Waals surface area contributed by atoms with Crippen LogP contribution in [0.5, 0.6) is 5.75 Å². The average molecular weight is 292 g/mol. The van der Waals surface area contributed by atoms with E-state index in [-0.39, 0.29) is 11.3 Å². The molecule has 0 spiro atoms. The van der Waals surface area contributed by atoms with Gasteiger partial charge in [0, 0.05) is 18.2 Å². The number of benzene rings is 1. The third-order valence-corrected chi connectivity index (χ3v) is 3.92. The summed E-state index contributed by atoms with van der Waals surface area (Å²) in [5.74, 6) is 0.871. The topological polar surface area (TPSA) is 59.6 Å². The third-order valence-electron chi connectivity index (χ3n) is 3.92. The monoisotopic (exact) mass is 292 g/mol. The van der Waals surface area contributed by atoms with Gasteiger partial charge in [0.25, 0.3) is 0 Å². The molecule has 5 nitrogen and oxygen atoms in total. The van der Waals surface area contributed by atoms with Gasteiger partial charge in [-0.2, -0.15) is 0 Å². The van der Waals surface area contributed by atoms with Crippen LogP contribution in [0.1, 0.15) is 19.8 Å². The second-order valence-corrected chi connectivity index (χ2v) is 5.63. The van der Waals surface area contributed by atoms with Gasteiger partial charge < -0.3 is 20.1 Å². The Bertz CT molecular complexity index is 453. The van der Waals surface area contributed by atoms with Crippen LogP contribution in [0.25, 0.3) is 0 Å². The SMILES string of the molecule is COCCOc1ccc(NC(=O)C2(C)CCNCC2)cc1. The summed E-state index contributed by atoms with van der Waals surface area (Å²) in [4.78, 5) is 12.4. The molecule has 0 atom stereocenters. The van der Waals surface area contributed by atoms with E-state index in [9.17, 15) is 4.79 Å². The van der Waals surface area contributed by atoms with E-state index in [1.54, 1.807) is 7.11 Å². The van der Waals surface area contributed by atoms with Crippen molar-refractivity contribution in [2.45, 2.75) is 19.8 Å². The highest BCUT2D eigenvalue weighted by Gasteiger charge is 2.34. The summed E-state index contributed by atoms with van der Waals surface area (Å²) in [6.07, 6.45) is 1.74. The minimum Gasteiger partial charge on any atom is -0.491 e. The lowest BCUT2D eigenvalue weighted by Gasteiger charge is -2.32. The normalized spacial score (nSPS) is 17.2. The Labute approximate surface area is 126 Å². The first-order valence-corrected chi connectivity index (χ1v) is 7.38. The van der Waals surface area contributed by atoms with Crippen LogP contribution in [0.4, 0.5) is 5.69 Å². The molecule has 5 heteroatoms. The lowest BCUT2D eigenvalue weighted by Crippen LogP contribution is -2.42. The Balaban J connectivity index is 1.89. The first-order valence-electron chi connectivity index (χ1n) is 7.38. The highest BCUT2D eigenvalue weighted by molar-refractivity contribution is 5.95. The Morgan fingerprint density at radius 3 is 2.52 bits per heavy atom. The highest BCUT2D eigenvalue weighted by Crippen LogP contribution is 2.29. The maximum absolute atomic E-state index is 12.4. The molecule has 1 heterocycles. The van der Waals surface area contributed by atoms with Crippen molar-refractivity contribution in [3.05, 3.63) is 24.3 Å². The molecule has 2 N–H and O–H groups in total. The molecule has 21 heavy (non-hydrogen) atoms. The fourth-order valence-corrected chi connectivity index (χ4v) is 2.36. The fraction of sp³-hybridized carbons (Fsp3) is 0.562. The summed E-state index contributed by atoms with van der Waals surface area (Å²) >= 11 is 0. The van der Waals surface area contributed by atoms with Crippen LogP contribution in [-0.2, 0) is 9.53 Å². The molecule has 0 aliphatic carbocycles. The van der Waals surface area contributed by atoms with Crippen LogP contribution in [0.15, 0.2) is 24.3 Å². The molecule has 1 aromatic rings. The van der Waals surface area contributed by atoms with E-state index in [1.807, 2.05) is 31.2 Å². The number of hydrogen-bond donors (Lipinski definition) is 2. The third kappa shape index (κ3) is 4.44. The van der Waals surface area contributed by atoms with Gasteiger partial charge in [0.2, 0.25) is 5.91 Å². The van der Waals surface area contributed by atoms with Crippen molar-refractivity contribution >= 4 is 11.6 Å². The van der Waals surface area contributed by atoms with E-state index in [4.69, 9.17) is 9.47 Å². The molecule has 0 aromatic heterocycles. The Morgan fingerprint density at radius 1 is 1.24 bits per heavy atom. The fourth-order valence-electron chi connectivity index (χ4n) is 2.36. The Morgan fingerprint density at radius 2 is 1.90 bits per heavy atom. The Hall–Kier alpha value is -1.59. The van der Waals surface area contributed by atoms with E-state index in [0.717, 1.165) is 37.4 Å². The van der Waals surface area contributed by atoms with Gasteiger partial charge in [0.1, 0.15) is 12.4 Å². The zero-order valence-corrected chi connectivity index (χ0v) is 12.8. The number of hydrogen-bond acceptors (Lipinski definition) is 4. The summed E-state index contributed by atoms with van der Waals surface area (Å²) in [6.45, 7) is 4.91. The second kappa shape index (κ2) is 7.43. The number of ether oxygens (including phenoxy) is 2. The number of methoxy groups -OCH3 is 1. The number of amides is 1. The van der Waals surface area contributed by atoms with Crippen LogP contribution >= 0.6 is 0 Å². The van der Waals surface area contributed by atoms with Crippen LogP contribution in [-0.4, -0.2) is 39.3 Å². The molecule has 2 rings (SSSR count). The number of carbonyl (C=O) groups is 1. The molecular weight excluding hydrogens is 268 g/mol. The van der Waals surface area contributed by atoms with Gasteiger partial charge >= 0.3 is 0 Å². The lowest BCUT2D eigenvalue weighted by molar-refractivity contribution is -0.126. The number of piperidine rings is 1. The van der Waals surface area contributed by atoms with Crippen molar-refractivity contribution in [2.75, 3.05) is 38.7 Å². The number of anilines is 1. The van der Waals surface area contributed by atoms with Gasteiger partial charge in [-0.15, -0.1) is 0 Å². The van der Waals surface area contributed by atoms with Crippen molar-refractivity contribution in [3.8, 4) is 5.75 Å². The van der Waals surface area contributed by atoms with Gasteiger partial charge in [-0.1, -0.05) is 6.92 Å². The van der Waals surface area contributed by atoms with Gasteiger partial charge in [0.05, 0.1) is 6.61 Å². The molecule has 116 valence electrons. The minimum atomic E-state index is -0.279. The molecule has 0 radical (unpaired) electrons. The van der Waals surface area contributed by atoms with Crippen LogP contribution in [0.2, 0.25) is 0 Å². The van der Waals surface area contributed by atoms with Crippen molar-refractivity contribution in [1.29, 1.82) is 0 Å². The van der Waals surface area contributed by atoms with E-state index < -0.39 is 0 Å². The quantitative estimate of drug-likeness (QED) is 0.788. The molecule has 0 saturated carbocycles. The summed E-state index contributed by atoms with van der Waals surface area (Å²) in [5.41, 5.74) is 0.526. The van der Waals surface area contributed by atoms with Gasteiger partial charge in [0.15, 0.2) is 0 Å². The van der Waals surface area contributed by atoms with Crippen LogP contribution in [0, 0.1) is 5.41 Å². The standard InChI is InChI=1S/C16H24N2O3/c1-16(7-9-17-10-8-16)15(19)18-13-3-5-14(6-4-13)21-12-11-20-2/h3-6,17H,7-12H2,1-2H3,(H,18,19). The zero-order chi connectivity index (χ0) is 15.1. The molecule has 0 bridgehead atoms. The molecule has 1 aliphatic heterocycles. The van der Waals surface area contributed by atoms with Gasteiger partial charge in [-0.05, 0) is 50.2 Å². The highest BCUT2D eigenvalue weighted by atomic mass is 16.5. The smallest absolute Gasteiger partial charge is 0.230 e. The maximum Gasteiger partial charge on any atom is 0.230 e. The van der Waals surface area contributed by atoms with E-state index in [2.05, 4.69) is 10.6 Å². The largest absolute Gasteiger partial charge is 0.491 e. The Kier molecular flexibility index (Phi) is 5.59.